The van der Waals surface area contributed by atoms with Gasteiger partial charge in [-0.1, -0.05) is 11.6 Å². The standard InChI is InChI=1S/C12H11ClFN3O/c13-10-5-8(1-3-11(10)14)17-12(18)4-2-9-6-15-7-16-9/h1,3,5-7H,2,4H2,(H,15,16)(H,17,18). The van der Waals surface area contributed by atoms with Crippen LogP contribution in [-0.4, -0.2) is 15.9 Å². The number of aromatic nitrogens is 2. The Morgan fingerprint density at radius 1 is 1.50 bits per heavy atom. The van der Waals surface area contributed by atoms with Crippen LogP contribution >= 0.6 is 11.6 Å². The molecule has 0 aliphatic rings. The largest absolute Gasteiger partial charge is 0.348 e. The Balaban J connectivity index is 1.88. The molecule has 94 valence electrons. The Morgan fingerprint density at radius 2 is 2.33 bits per heavy atom. The van der Waals surface area contributed by atoms with E-state index in [1.807, 2.05) is 0 Å². The summed E-state index contributed by atoms with van der Waals surface area (Å²) in [5.41, 5.74) is 1.37. The van der Waals surface area contributed by atoms with Crippen LogP contribution in [0.1, 0.15) is 12.1 Å². The lowest BCUT2D eigenvalue weighted by Gasteiger charge is -2.05. The smallest absolute Gasteiger partial charge is 0.224 e. The highest BCUT2D eigenvalue weighted by molar-refractivity contribution is 6.31. The third-order valence-electron chi connectivity index (χ3n) is 2.38. The van der Waals surface area contributed by atoms with Gasteiger partial charge in [-0.25, -0.2) is 9.37 Å². The van der Waals surface area contributed by atoms with Crippen LogP contribution in [0.5, 0.6) is 0 Å². The fraction of sp³-hybridized carbons (Fsp3) is 0.167. The van der Waals surface area contributed by atoms with Gasteiger partial charge in [-0.2, -0.15) is 0 Å². The summed E-state index contributed by atoms with van der Waals surface area (Å²) >= 11 is 5.62. The molecular formula is C12H11ClFN3O. The molecule has 0 saturated heterocycles. The number of imidazole rings is 1. The summed E-state index contributed by atoms with van der Waals surface area (Å²) < 4.78 is 12.9. The maximum Gasteiger partial charge on any atom is 0.224 e. The van der Waals surface area contributed by atoms with Gasteiger partial charge in [-0.3, -0.25) is 4.79 Å². The minimum absolute atomic E-state index is 0.0126. The number of aryl methyl sites for hydroxylation is 1. The van der Waals surface area contributed by atoms with Gasteiger partial charge in [-0.15, -0.1) is 0 Å². The number of hydrogen-bond acceptors (Lipinski definition) is 2. The first-order valence-electron chi connectivity index (χ1n) is 5.37. The molecule has 4 nitrogen and oxygen atoms in total. The maximum absolute atomic E-state index is 12.9. The summed E-state index contributed by atoms with van der Waals surface area (Å²) in [7, 11) is 0. The second kappa shape index (κ2) is 5.64. The van der Waals surface area contributed by atoms with Crippen LogP contribution in [0.4, 0.5) is 10.1 Å². The normalized spacial score (nSPS) is 10.3. The summed E-state index contributed by atoms with van der Waals surface area (Å²) in [6.45, 7) is 0. The van der Waals surface area contributed by atoms with Gasteiger partial charge < -0.3 is 10.3 Å². The van der Waals surface area contributed by atoms with Gasteiger partial charge in [0.1, 0.15) is 5.82 Å². The zero-order valence-electron chi connectivity index (χ0n) is 9.41. The average Bonchev–Trinajstić information content (AvgIpc) is 2.84. The molecule has 0 radical (unpaired) electrons. The second-order valence-electron chi connectivity index (χ2n) is 3.75. The summed E-state index contributed by atoms with van der Waals surface area (Å²) in [6, 6.07) is 4.06. The third kappa shape index (κ3) is 3.30. The topological polar surface area (TPSA) is 57.8 Å². The first kappa shape index (κ1) is 12.6. The van der Waals surface area contributed by atoms with Gasteiger partial charge in [0.05, 0.1) is 11.3 Å². The van der Waals surface area contributed by atoms with Gasteiger partial charge in [0.25, 0.3) is 0 Å². The van der Waals surface area contributed by atoms with E-state index in [0.717, 1.165) is 5.69 Å². The summed E-state index contributed by atoms with van der Waals surface area (Å²) in [5, 5.41) is 2.64. The number of rotatable bonds is 4. The van der Waals surface area contributed by atoms with Crippen molar-refractivity contribution in [3.63, 3.8) is 0 Å². The molecular weight excluding hydrogens is 257 g/mol. The second-order valence-corrected chi connectivity index (χ2v) is 4.16. The Labute approximate surface area is 108 Å². The van der Waals surface area contributed by atoms with E-state index in [2.05, 4.69) is 15.3 Å². The van der Waals surface area contributed by atoms with E-state index >= 15 is 0 Å². The van der Waals surface area contributed by atoms with Gasteiger partial charge in [0, 0.05) is 24.0 Å². The molecule has 0 atom stereocenters. The molecule has 0 aliphatic heterocycles. The molecule has 1 aromatic heterocycles. The van der Waals surface area contributed by atoms with E-state index in [1.54, 1.807) is 12.5 Å². The number of aromatic amines is 1. The van der Waals surface area contributed by atoms with Crippen molar-refractivity contribution in [3.05, 3.63) is 47.3 Å². The number of nitrogens with one attached hydrogen (secondary N) is 2. The molecule has 1 amide bonds. The highest BCUT2D eigenvalue weighted by Crippen LogP contribution is 2.19. The van der Waals surface area contributed by atoms with Crippen LogP contribution < -0.4 is 5.32 Å². The fourth-order valence-electron chi connectivity index (χ4n) is 1.47. The van der Waals surface area contributed by atoms with Gasteiger partial charge in [0.15, 0.2) is 0 Å². The van der Waals surface area contributed by atoms with Crippen molar-refractivity contribution in [1.82, 2.24) is 9.97 Å². The lowest BCUT2D eigenvalue weighted by Crippen LogP contribution is -2.12. The number of carbonyl (C=O) groups excluding carboxylic acids is 1. The molecule has 0 aliphatic carbocycles. The third-order valence-corrected chi connectivity index (χ3v) is 2.67. The molecule has 2 aromatic rings. The van der Waals surface area contributed by atoms with Crippen molar-refractivity contribution in [3.8, 4) is 0 Å². The predicted molar refractivity (Wildman–Crippen MR) is 66.9 cm³/mol. The number of carbonyl (C=O) groups is 1. The SMILES string of the molecule is O=C(CCc1cnc[nH]1)Nc1ccc(F)c(Cl)c1. The zero-order valence-corrected chi connectivity index (χ0v) is 10.2. The first-order chi connectivity index (χ1) is 8.65. The van der Waals surface area contributed by atoms with Gasteiger partial charge in [-0.05, 0) is 24.6 Å². The zero-order chi connectivity index (χ0) is 13.0. The average molecular weight is 268 g/mol. The predicted octanol–water partition coefficient (Wildman–Crippen LogP) is 2.77. The number of benzene rings is 1. The van der Waals surface area contributed by atoms with E-state index < -0.39 is 5.82 Å². The molecule has 0 spiro atoms. The van der Waals surface area contributed by atoms with Crippen molar-refractivity contribution < 1.29 is 9.18 Å². The number of hydrogen-bond donors (Lipinski definition) is 2. The Bertz CT molecular complexity index is 542. The summed E-state index contributed by atoms with van der Waals surface area (Å²) in [4.78, 5) is 18.4. The number of halogens is 2. The number of nitrogens with zero attached hydrogens (tertiary/aromatic N) is 1. The van der Waals surface area contributed by atoms with E-state index in [-0.39, 0.29) is 10.9 Å². The quantitative estimate of drug-likeness (QED) is 0.895. The lowest BCUT2D eigenvalue weighted by atomic mass is 10.2. The molecule has 2 N–H and O–H groups in total. The van der Waals surface area contributed by atoms with E-state index in [4.69, 9.17) is 11.6 Å². The van der Waals surface area contributed by atoms with Gasteiger partial charge in [0.2, 0.25) is 5.91 Å². The Morgan fingerprint density at radius 3 is 3.00 bits per heavy atom. The first-order valence-corrected chi connectivity index (χ1v) is 5.75. The van der Waals surface area contributed by atoms with Crippen LogP contribution in [0, 0.1) is 5.82 Å². The summed E-state index contributed by atoms with van der Waals surface area (Å²) in [5.74, 6) is -0.667. The molecule has 0 fully saturated rings. The Kier molecular flexibility index (Phi) is 3.94. The molecule has 2 rings (SSSR count). The highest BCUT2D eigenvalue weighted by atomic mass is 35.5. The van der Waals surface area contributed by atoms with Crippen molar-refractivity contribution in [2.24, 2.45) is 0 Å². The van der Waals surface area contributed by atoms with Crippen LogP contribution in [0.3, 0.4) is 0 Å². The highest BCUT2D eigenvalue weighted by Gasteiger charge is 2.06. The molecule has 0 bridgehead atoms. The van der Waals surface area contributed by atoms with E-state index in [0.29, 0.717) is 18.5 Å². The van der Waals surface area contributed by atoms with E-state index in [1.165, 1.54) is 18.2 Å². The maximum atomic E-state index is 12.9. The minimum Gasteiger partial charge on any atom is -0.348 e. The molecule has 1 heterocycles. The molecule has 6 heteroatoms. The molecule has 0 unspecified atom stereocenters. The van der Waals surface area contributed by atoms with Crippen LogP contribution in [0.15, 0.2) is 30.7 Å². The molecule has 18 heavy (non-hydrogen) atoms. The molecule has 0 saturated carbocycles. The number of H-pyrrole nitrogens is 1. The number of anilines is 1. The Hall–Kier alpha value is -1.88. The summed E-state index contributed by atoms with van der Waals surface area (Å²) in [6.07, 6.45) is 4.12. The monoisotopic (exact) mass is 267 g/mol. The van der Waals surface area contributed by atoms with Crippen molar-refractivity contribution in [1.29, 1.82) is 0 Å². The fourth-order valence-corrected chi connectivity index (χ4v) is 1.65. The van der Waals surface area contributed by atoms with E-state index in [9.17, 15) is 9.18 Å². The van der Waals surface area contributed by atoms with Crippen molar-refractivity contribution in [2.75, 3.05) is 5.32 Å². The van der Waals surface area contributed by atoms with Gasteiger partial charge >= 0.3 is 0 Å². The minimum atomic E-state index is -0.507. The molecule has 1 aromatic carbocycles. The van der Waals surface area contributed by atoms with Crippen molar-refractivity contribution in [2.45, 2.75) is 12.8 Å². The van der Waals surface area contributed by atoms with Crippen LogP contribution in [0.2, 0.25) is 5.02 Å². The lowest BCUT2D eigenvalue weighted by molar-refractivity contribution is -0.116. The van der Waals surface area contributed by atoms with Crippen LogP contribution in [-0.2, 0) is 11.2 Å². The van der Waals surface area contributed by atoms with Crippen LogP contribution in [0.25, 0.3) is 0 Å². The number of amides is 1. The van der Waals surface area contributed by atoms with Crippen molar-refractivity contribution >= 4 is 23.2 Å².